The van der Waals surface area contributed by atoms with E-state index < -0.39 is 0 Å². The number of nitrogens with two attached hydrogens (primary N) is 1. The van der Waals surface area contributed by atoms with Crippen molar-refractivity contribution in [1.29, 1.82) is 0 Å². The number of halogens is 1. The molecule has 1 amide bonds. The van der Waals surface area contributed by atoms with Gasteiger partial charge in [-0.1, -0.05) is 19.1 Å². The highest BCUT2D eigenvalue weighted by molar-refractivity contribution is 5.93. The lowest BCUT2D eigenvalue weighted by Gasteiger charge is -2.13. The molecule has 16 heavy (non-hydrogen) atoms. The Bertz CT molecular complexity index is 366. The standard InChI is InChI=1S/C12H18N2O.ClH/c1-8-5-4-6-11(10(8)3)14-12(15)9(2)7-13;/h4-6,9H,7,13H2,1-3H3,(H,14,15);1H. The van der Waals surface area contributed by atoms with Gasteiger partial charge in [0.25, 0.3) is 0 Å². The minimum atomic E-state index is -0.148. The van der Waals surface area contributed by atoms with Crippen LogP contribution in [0.15, 0.2) is 18.2 Å². The number of hydrogen-bond donors (Lipinski definition) is 2. The van der Waals surface area contributed by atoms with Gasteiger partial charge in [-0.15, -0.1) is 12.4 Å². The maximum atomic E-state index is 11.6. The zero-order chi connectivity index (χ0) is 11.4. The van der Waals surface area contributed by atoms with Crippen LogP contribution in [0, 0.1) is 19.8 Å². The molecule has 1 unspecified atom stereocenters. The summed E-state index contributed by atoms with van der Waals surface area (Å²) in [7, 11) is 0. The first-order chi connectivity index (χ1) is 7.06. The van der Waals surface area contributed by atoms with Crippen LogP contribution in [0.2, 0.25) is 0 Å². The number of anilines is 1. The third kappa shape index (κ3) is 3.51. The van der Waals surface area contributed by atoms with Crippen molar-refractivity contribution in [3.8, 4) is 0 Å². The van der Waals surface area contributed by atoms with Crippen molar-refractivity contribution in [3.63, 3.8) is 0 Å². The van der Waals surface area contributed by atoms with Gasteiger partial charge in [-0.2, -0.15) is 0 Å². The molecule has 0 bridgehead atoms. The average molecular weight is 243 g/mol. The minimum Gasteiger partial charge on any atom is -0.330 e. The summed E-state index contributed by atoms with van der Waals surface area (Å²) in [4.78, 5) is 11.6. The molecular formula is C12H19ClN2O. The van der Waals surface area contributed by atoms with E-state index in [1.54, 1.807) is 0 Å². The van der Waals surface area contributed by atoms with Crippen LogP contribution < -0.4 is 11.1 Å². The monoisotopic (exact) mass is 242 g/mol. The van der Waals surface area contributed by atoms with E-state index in [0.717, 1.165) is 11.3 Å². The molecule has 3 N–H and O–H groups in total. The molecule has 90 valence electrons. The molecule has 1 atom stereocenters. The summed E-state index contributed by atoms with van der Waals surface area (Å²) in [6.45, 7) is 6.21. The Hall–Kier alpha value is -1.06. The second kappa shape index (κ2) is 6.51. The quantitative estimate of drug-likeness (QED) is 0.854. The molecule has 4 heteroatoms. The smallest absolute Gasteiger partial charge is 0.228 e. The molecule has 0 heterocycles. The van der Waals surface area contributed by atoms with Crippen LogP contribution in [0.1, 0.15) is 18.1 Å². The van der Waals surface area contributed by atoms with Gasteiger partial charge in [-0.3, -0.25) is 4.79 Å². The Morgan fingerprint density at radius 3 is 2.62 bits per heavy atom. The highest BCUT2D eigenvalue weighted by Crippen LogP contribution is 2.18. The van der Waals surface area contributed by atoms with E-state index >= 15 is 0 Å². The predicted octanol–water partition coefficient (Wildman–Crippen LogP) is 2.26. The highest BCUT2D eigenvalue weighted by atomic mass is 35.5. The molecule has 1 aromatic rings. The van der Waals surface area contributed by atoms with E-state index in [-0.39, 0.29) is 24.2 Å². The zero-order valence-electron chi connectivity index (χ0n) is 9.91. The third-order valence-electron chi connectivity index (χ3n) is 2.66. The van der Waals surface area contributed by atoms with Crippen LogP contribution >= 0.6 is 12.4 Å². The second-order valence-corrected chi connectivity index (χ2v) is 3.87. The van der Waals surface area contributed by atoms with Crippen LogP contribution in [0.5, 0.6) is 0 Å². The molecule has 0 spiro atoms. The molecule has 0 aliphatic carbocycles. The number of amides is 1. The number of carbonyl (C=O) groups is 1. The fourth-order valence-electron chi connectivity index (χ4n) is 1.25. The SMILES string of the molecule is Cc1cccc(NC(=O)C(C)CN)c1C.Cl. The molecule has 1 aromatic carbocycles. The van der Waals surface area contributed by atoms with Crippen molar-refractivity contribution in [1.82, 2.24) is 0 Å². The fourth-order valence-corrected chi connectivity index (χ4v) is 1.25. The van der Waals surface area contributed by atoms with Crippen LogP contribution in [0.4, 0.5) is 5.69 Å². The van der Waals surface area contributed by atoms with Gasteiger partial charge >= 0.3 is 0 Å². The van der Waals surface area contributed by atoms with Crippen LogP contribution in [0.3, 0.4) is 0 Å². The largest absolute Gasteiger partial charge is 0.330 e. The molecule has 0 saturated heterocycles. The molecule has 1 rings (SSSR count). The van der Waals surface area contributed by atoms with Crippen LogP contribution in [-0.4, -0.2) is 12.5 Å². The lowest BCUT2D eigenvalue weighted by atomic mass is 10.1. The summed E-state index contributed by atoms with van der Waals surface area (Å²) < 4.78 is 0. The Kier molecular flexibility index (Phi) is 6.08. The van der Waals surface area contributed by atoms with Gasteiger partial charge in [0.1, 0.15) is 0 Å². The summed E-state index contributed by atoms with van der Waals surface area (Å²) in [6.07, 6.45) is 0. The zero-order valence-corrected chi connectivity index (χ0v) is 10.7. The molecule has 3 nitrogen and oxygen atoms in total. The van der Waals surface area contributed by atoms with Crippen molar-refractivity contribution < 1.29 is 4.79 Å². The van der Waals surface area contributed by atoms with Crippen molar-refractivity contribution >= 4 is 24.0 Å². The van der Waals surface area contributed by atoms with Crippen molar-refractivity contribution in [2.75, 3.05) is 11.9 Å². The Morgan fingerprint density at radius 1 is 1.44 bits per heavy atom. The molecule has 0 aliphatic heterocycles. The van der Waals surface area contributed by atoms with E-state index in [1.807, 2.05) is 39.0 Å². The maximum Gasteiger partial charge on any atom is 0.228 e. The van der Waals surface area contributed by atoms with Gasteiger partial charge in [0.2, 0.25) is 5.91 Å². The van der Waals surface area contributed by atoms with Gasteiger partial charge < -0.3 is 11.1 Å². The van der Waals surface area contributed by atoms with Crippen molar-refractivity contribution in [3.05, 3.63) is 29.3 Å². The van der Waals surface area contributed by atoms with E-state index in [0.29, 0.717) is 6.54 Å². The lowest BCUT2D eigenvalue weighted by Crippen LogP contribution is -2.27. The number of nitrogens with one attached hydrogen (secondary N) is 1. The van der Waals surface area contributed by atoms with Crippen molar-refractivity contribution in [2.45, 2.75) is 20.8 Å². The van der Waals surface area contributed by atoms with Gasteiger partial charge in [0.15, 0.2) is 0 Å². The summed E-state index contributed by atoms with van der Waals surface area (Å²) in [6, 6.07) is 5.87. The number of aryl methyl sites for hydroxylation is 1. The van der Waals surface area contributed by atoms with E-state index in [9.17, 15) is 4.79 Å². The Labute approximate surface area is 103 Å². The van der Waals surface area contributed by atoms with E-state index in [1.165, 1.54) is 5.56 Å². The molecule has 0 radical (unpaired) electrons. The first-order valence-corrected chi connectivity index (χ1v) is 5.13. The van der Waals surface area contributed by atoms with Crippen molar-refractivity contribution in [2.24, 2.45) is 11.7 Å². The van der Waals surface area contributed by atoms with Crippen LogP contribution in [0.25, 0.3) is 0 Å². The molecule has 0 fully saturated rings. The minimum absolute atomic E-state index is 0. The van der Waals surface area contributed by atoms with Gasteiger partial charge in [0.05, 0.1) is 0 Å². The topological polar surface area (TPSA) is 55.1 Å². The Morgan fingerprint density at radius 2 is 2.06 bits per heavy atom. The van der Waals surface area contributed by atoms with Gasteiger partial charge in [-0.05, 0) is 31.0 Å². The lowest BCUT2D eigenvalue weighted by molar-refractivity contribution is -0.119. The van der Waals surface area contributed by atoms with Gasteiger partial charge in [-0.25, -0.2) is 0 Å². The number of carbonyl (C=O) groups excluding carboxylic acids is 1. The summed E-state index contributed by atoms with van der Waals surface area (Å²) in [5.41, 5.74) is 8.59. The Balaban J connectivity index is 0.00000225. The highest BCUT2D eigenvalue weighted by Gasteiger charge is 2.11. The molecule has 0 aromatic heterocycles. The normalized spacial score (nSPS) is 11.5. The fraction of sp³-hybridized carbons (Fsp3) is 0.417. The summed E-state index contributed by atoms with van der Waals surface area (Å²) in [5, 5.41) is 2.88. The number of rotatable bonds is 3. The second-order valence-electron chi connectivity index (χ2n) is 3.87. The third-order valence-corrected chi connectivity index (χ3v) is 2.66. The molecular weight excluding hydrogens is 224 g/mol. The number of hydrogen-bond acceptors (Lipinski definition) is 2. The van der Waals surface area contributed by atoms with E-state index in [4.69, 9.17) is 5.73 Å². The average Bonchev–Trinajstić information content (AvgIpc) is 2.23. The first kappa shape index (κ1) is 14.9. The summed E-state index contributed by atoms with van der Waals surface area (Å²) in [5.74, 6) is -0.170. The maximum absolute atomic E-state index is 11.6. The predicted molar refractivity (Wildman–Crippen MR) is 70.0 cm³/mol. The summed E-state index contributed by atoms with van der Waals surface area (Å²) >= 11 is 0. The first-order valence-electron chi connectivity index (χ1n) is 5.13. The van der Waals surface area contributed by atoms with E-state index in [2.05, 4.69) is 5.32 Å². The van der Waals surface area contributed by atoms with Gasteiger partial charge in [0, 0.05) is 18.2 Å². The van der Waals surface area contributed by atoms with Crippen LogP contribution in [-0.2, 0) is 4.79 Å². The molecule has 0 saturated carbocycles. The number of benzene rings is 1. The molecule has 0 aliphatic rings.